The third-order valence-corrected chi connectivity index (χ3v) is 7.41. The Hall–Kier alpha value is -2.93. The highest BCUT2D eigenvalue weighted by Gasteiger charge is 2.45. The summed E-state index contributed by atoms with van der Waals surface area (Å²) in [5, 5.41) is 5.31. The summed E-state index contributed by atoms with van der Waals surface area (Å²) in [6.45, 7) is 9.35. The molecule has 0 N–H and O–H groups in total. The van der Waals surface area contributed by atoms with Gasteiger partial charge in [-0.05, 0) is 53.5 Å². The molecule has 0 aliphatic carbocycles. The van der Waals surface area contributed by atoms with E-state index < -0.39 is 0 Å². The van der Waals surface area contributed by atoms with Gasteiger partial charge in [-0.3, -0.25) is 0 Å². The molecule has 1 aromatic heterocycles. The Balaban J connectivity index is 1.99. The largest absolute Gasteiger partial charge is 0.221 e. The molecule has 1 aliphatic rings. The second-order valence-electron chi connectivity index (χ2n) is 8.81. The minimum absolute atomic E-state index is 0.0347. The maximum absolute atomic E-state index is 2.59. The molecule has 4 aromatic rings. The maximum Gasteiger partial charge on any atom is 0.221 e. The smallest absolute Gasteiger partial charge is 0.188 e. The van der Waals surface area contributed by atoms with E-state index in [2.05, 4.69) is 111 Å². The lowest BCUT2D eigenvalue weighted by atomic mass is 9.79. The molecule has 2 heterocycles. The fourth-order valence-corrected chi connectivity index (χ4v) is 5.57. The summed E-state index contributed by atoms with van der Waals surface area (Å²) >= 11 is 0. The number of pyridine rings is 1. The Morgan fingerprint density at radius 2 is 1.53 bits per heavy atom. The van der Waals surface area contributed by atoms with Gasteiger partial charge in [0.15, 0.2) is 11.7 Å². The molecule has 1 aliphatic heterocycles. The molecule has 0 spiro atoms. The van der Waals surface area contributed by atoms with Crippen LogP contribution in [-0.2, 0) is 5.54 Å². The summed E-state index contributed by atoms with van der Waals surface area (Å²) in [4.78, 5) is 0. The number of hydrogen-bond acceptors (Lipinski definition) is 0. The van der Waals surface area contributed by atoms with E-state index in [4.69, 9.17) is 0 Å². The van der Waals surface area contributed by atoms with Crippen molar-refractivity contribution < 1.29 is 4.57 Å². The quantitative estimate of drug-likeness (QED) is 0.251. The van der Waals surface area contributed by atoms with Crippen LogP contribution >= 0.6 is 0 Å². The molecule has 1 nitrogen and oxygen atoms in total. The van der Waals surface area contributed by atoms with E-state index >= 15 is 0 Å². The van der Waals surface area contributed by atoms with Crippen LogP contribution < -0.4 is 4.57 Å². The fourth-order valence-electron chi connectivity index (χ4n) is 5.57. The summed E-state index contributed by atoms with van der Waals surface area (Å²) in [7, 11) is 0. The lowest BCUT2D eigenvalue weighted by molar-refractivity contribution is -0.750. The van der Waals surface area contributed by atoms with Crippen molar-refractivity contribution >= 4 is 27.1 Å². The van der Waals surface area contributed by atoms with Crippen LogP contribution in [-0.4, -0.2) is 0 Å². The lowest BCUT2D eigenvalue weighted by Gasteiger charge is -2.31. The van der Waals surface area contributed by atoms with Crippen LogP contribution in [0.4, 0.5) is 0 Å². The molecule has 0 saturated carbocycles. The van der Waals surface area contributed by atoms with Gasteiger partial charge in [0.2, 0.25) is 5.69 Å². The summed E-state index contributed by atoms with van der Waals surface area (Å²) in [6, 6.07) is 24.6. The van der Waals surface area contributed by atoms with Gasteiger partial charge >= 0.3 is 0 Å². The monoisotopic (exact) mass is 392 g/mol. The molecular formula is C29H30N+. The standard InChI is InChI=1S/C29H30N/c1-5-21(4)29(6-2)19-20(3)23-12-9-10-14-26(23)28-27-16-15-22-11-7-8-13-24(22)25(27)17-18-30(28)29/h7-19,21H,5-6H2,1-4H3/q+1. The Morgan fingerprint density at radius 1 is 0.800 bits per heavy atom. The summed E-state index contributed by atoms with van der Waals surface area (Å²) in [5.74, 6) is 0.536. The molecule has 2 unspecified atom stereocenters. The average molecular weight is 393 g/mol. The number of aromatic nitrogens is 1. The van der Waals surface area contributed by atoms with Gasteiger partial charge in [0.25, 0.3) is 0 Å². The molecule has 0 amide bonds. The highest BCUT2D eigenvalue weighted by molar-refractivity contribution is 6.11. The lowest BCUT2D eigenvalue weighted by Crippen LogP contribution is -2.59. The van der Waals surface area contributed by atoms with Crippen molar-refractivity contribution in [2.24, 2.45) is 5.92 Å². The topological polar surface area (TPSA) is 3.88 Å². The van der Waals surface area contributed by atoms with Gasteiger partial charge in [0, 0.05) is 23.8 Å². The van der Waals surface area contributed by atoms with Gasteiger partial charge in [0.05, 0.1) is 10.9 Å². The molecule has 5 rings (SSSR count). The third-order valence-electron chi connectivity index (χ3n) is 7.41. The van der Waals surface area contributed by atoms with Crippen molar-refractivity contribution in [1.82, 2.24) is 0 Å². The molecule has 150 valence electrons. The van der Waals surface area contributed by atoms with Crippen LogP contribution in [0.5, 0.6) is 0 Å². The second-order valence-corrected chi connectivity index (χ2v) is 8.81. The number of fused-ring (bicyclic) bond motifs is 7. The minimum atomic E-state index is -0.0347. The van der Waals surface area contributed by atoms with Crippen LogP contribution in [0.3, 0.4) is 0 Å². The molecule has 2 atom stereocenters. The number of allylic oxidation sites excluding steroid dienone is 2. The average Bonchev–Trinajstić information content (AvgIpc) is 2.91. The zero-order chi connectivity index (χ0) is 20.9. The Kier molecular flexibility index (Phi) is 4.50. The summed E-state index contributed by atoms with van der Waals surface area (Å²) < 4.78 is 2.59. The molecule has 0 bridgehead atoms. The molecule has 0 radical (unpaired) electrons. The van der Waals surface area contributed by atoms with Crippen LogP contribution in [0, 0.1) is 5.92 Å². The van der Waals surface area contributed by atoms with Crippen LogP contribution in [0.1, 0.15) is 46.1 Å². The SMILES string of the molecule is CCC(C)C1(CC)C=C(C)c2ccccc2-c2c3ccc4ccccc4c3cc[n+]21. The predicted molar refractivity (Wildman–Crippen MR) is 128 cm³/mol. The number of hydrogen-bond donors (Lipinski definition) is 0. The molecule has 0 saturated heterocycles. The summed E-state index contributed by atoms with van der Waals surface area (Å²) in [6.07, 6.45) is 7.12. The fraction of sp³-hybridized carbons (Fsp3) is 0.276. The van der Waals surface area contributed by atoms with Crippen LogP contribution in [0.15, 0.2) is 79.0 Å². The van der Waals surface area contributed by atoms with E-state index in [1.54, 1.807) is 0 Å². The number of nitrogens with zero attached hydrogens (tertiary/aromatic N) is 1. The van der Waals surface area contributed by atoms with Crippen molar-refractivity contribution in [1.29, 1.82) is 0 Å². The van der Waals surface area contributed by atoms with E-state index in [9.17, 15) is 0 Å². The third kappa shape index (κ3) is 2.58. The molecule has 30 heavy (non-hydrogen) atoms. The van der Waals surface area contributed by atoms with Gasteiger partial charge in [-0.1, -0.05) is 69.3 Å². The zero-order valence-electron chi connectivity index (χ0n) is 18.4. The first kappa shape index (κ1) is 19.1. The molecule has 1 heteroatoms. The Morgan fingerprint density at radius 3 is 2.30 bits per heavy atom. The van der Waals surface area contributed by atoms with Crippen LogP contribution in [0.25, 0.3) is 38.4 Å². The predicted octanol–water partition coefficient (Wildman–Crippen LogP) is 7.52. The highest BCUT2D eigenvalue weighted by atomic mass is 15.1. The van der Waals surface area contributed by atoms with Crippen molar-refractivity contribution in [3.8, 4) is 11.3 Å². The normalized spacial score (nSPS) is 19.1. The van der Waals surface area contributed by atoms with Crippen molar-refractivity contribution in [2.75, 3.05) is 0 Å². The zero-order valence-corrected chi connectivity index (χ0v) is 18.4. The van der Waals surface area contributed by atoms with E-state index in [1.165, 1.54) is 43.9 Å². The van der Waals surface area contributed by atoms with Gasteiger partial charge in [0.1, 0.15) is 0 Å². The maximum atomic E-state index is 2.59. The minimum Gasteiger partial charge on any atom is -0.188 e. The highest BCUT2D eigenvalue weighted by Crippen LogP contribution is 2.42. The van der Waals surface area contributed by atoms with Crippen molar-refractivity contribution in [2.45, 2.75) is 46.1 Å². The number of benzene rings is 3. The first-order valence-electron chi connectivity index (χ1n) is 11.3. The Labute approximate surface area is 179 Å². The molecule has 0 fully saturated rings. The van der Waals surface area contributed by atoms with Gasteiger partial charge in [-0.15, -0.1) is 0 Å². The first-order valence-corrected chi connectivity index (χ1v) is 11.3. The van der Waals surface area contributed by atoms with Gasteiger partial charge in [-0.25, -0.2) is 0 Å². The van der Waals surface area contributed by atoms with E-state index in [-0.39, 0.29) is 5.54 Å². The van der Waals surface area contributed by atoms with Gasteiger partial charge in [-0.2, -0.15) is 4.57 Å². The van der Waals surface area contributed by atoms with E-state index in [1.807, 2.05) is 0 Å². The van der Waals surface area contributed by atoms with Crippen molar-refractivity contribution in [3.63, 3.8) is 0 Å². The Bertz CT molecular complexity index is 1300. The van der Waals surface area contributed by atoms with Crippen molar-refractivity contribution in [3.05, 3.63) is 84.6 Å². The van der Waals surface area contributed by atoms with Crippen LogP contribution in [0.2, 0.25) is 0 Å². The summed E-state index contributed by atoms with van der Waals surface area (Å²) in [5.41, 5.74) is 5.39. The molecule has 3 aromatic carbocycles. The molecular weight excluding hydrogens is 362 g/mol. The second kappa shape index (κ2) is 7.09. The number of rotatable bonds is 3. The van der Waals surface area contributed by atoms with E-state index in [0.29, 0.717) is 5.92 Å². The first-order chi connectivity index (χ1) is 14.6. The van der Waals surface area contributed by atoms with Gasteiger partial charge < -0.3 is 0 Å². The van der Waals surface area contributed by atoms with E-state index in [0.717, 1.165) is 12.8 Å².